The molecule has 0 aliphatic carbocycles. The highest BCUT2D eigenvalue weighted by Crippen LogP contribution is 2.18. The van der Waals surface area contributed by atoms with Gasteiger partial charge in [0.25, 0.3) is 0 Å². The number of hydrogen-bond donors (Lipinski definition) is 1. The van der Waals surface area contributed by atoms with Gasteiger partial charge in [-0.2, -0.15) is 5.26 Å². The van der Waals surface area contributed by atoms with Gasteiger partial charge in [0.2, 0.25) is 0 Å². The highest BCUT2D eigenvalue weighted by molar-refractivity contribution is 5.34. The molecule has 1 saturated heterocycles. The van der Waals surface area contributed by atoms with Crippen molar-refractivity contribution < 1.29 is 4.39 Å². The van der Waals surface area contributed by atoms with E-state index in [-0.39, 0.29) is 11.4 Å². The standard InChI is InChI=1S/C16H22FN3/c1-2-20(11-13-6-8-19-9-7-13)12-15-5-3-4-14(10-18)16(15)17/h3-5,13,19H,2,6-9,11-12H2,1H3. The molecule has 0 aromatic heterocycles. The first-order valence-electron chi connectivity index (χ1n) is 7.35. The highest BCUT2D eigenvalue weighted by Gasteiger charge is 2.17. The third-order valence-electron chi connectivity index (χ3n) is 4.02. The SMILES string of the molecule is CCN(Cc1cccc(C#N)c1F)CC1CCNCC1. The molecule has 0 atom stereocenters. The summed E-state index contributed by atoms with van der Waals surface area (Å²) in [7, 11) is 0. The first-order chi connectivity index (χ1) is 9.74. The second-order valence-electron chi connectivity index (χ2n) is 5.41. The zero-order chi connectivity index (χ0) is 14.4. The van der Waals surface area contributed by atoms with Crippen LogP contribution >= 0.6 is 0 Å². The quantitative estimate of drug-likeness (QED) is 0.897. The average molecular weight is 275 g/mol. The fourth-order valence-corrected chi connectivity index (χ4v) is 2.76. The van der Waals surface area contributed by atoms with Crippen LogP contribution in [0.1, 0.15) is 30.9 Å². The molecule has 1 fully saturated rings. The molecular weight excluding hydrogens is 253 g/mol. The fraction of sp³-hybridized carbons (Fsp3) is 0.562. The van der Waals surface area contributed by atoms with Crippen LogP contribution in [0.3, 0.4) is 0 Å². The van der Waals surface area contributed by atoms with Crippen LogP contribution in [0.5, 0.6) is 0 Å². The first-order valence-corrected chi connectivity index (χ1v) is 7.35. The molecule has 4 heteroatoms. The Morgan fingerprint density at radius 1 is 1.40 bits per heavy atom. The molecule has 2 rings (SSSR count). The number of piperidine rings is 1. The molecule has 1 heterocycles. The molecule has 1 aliphatic rings. The van der Waals surface area contributed by atoms with E-state index >= 15 is 0 Å². The number of nitrogens with one attached hydrogen (secondary N) is 1. The van der Waals surface area contributed by atoms with Gasteiger partial charge in [-0.15, -0.1) is 0 Å². The summed E-state index contributed by atoms with van der Waals surface area (Å²) in [4.78, 5) is 2.27. The fourth-order valence-electron chi connectivity index (χ4n) is 2.76. The lowest BCUT2D eigenvalue weighted by atomic mass is 9.97. The normalized spacial score (nSPS) is 16.3. The van der Waals surface area contributed by atoms with Gasteiger partial charge in [0.15, 0.2) is 0 Å². The number of nitrogens with zero attached hydrogens (tertiary/aromatic N) is 2. The Morgan fingerprint density at radius 3 is 2.80 bits per heavy atom. The van der Waals surface area contributed by atoms with E-state index in [4.69, 9.17) is 5.26 Å². The smallest absolute Gasteiger partial charge is 0.145 e. The van der Waals surface area contributed by atoms with Gasteiger partial charge in [0, 0.05) is 18.7 Å². The molecule has 0 unspecified atom stereocenters. The molecule has 0 amide bonds. The Balaban J connectivity index is 2.01. The largest absolute Gasteiger partial charge is 0.317 e. The summed E-state index contributed by atoms with van der Waals surface area (Å²) >= 11 is 0. The molecule has 1 N–H and O–H groups in total. The summed E-state index contributed by atoms with van der Waals surface area (Å²) in [5.41, 5.74) is 0.764. The second-order valence-corrected chi connectivity index (χ2v) is 5.41. The molecule has 0 bridgehead atoms. The predicted octanol–water partition coefficient (Wildman–Crippen LogP) is 2.52. The van der Waals surface area contributed by atoms with Crippen LogP contribution in [-0.2, 0) is 6.54 Å². The Morgan fingerprint density at radius 2 is 2.15 bits per heavy atom. The third-order valence-corrected chi connectivity index (χ3v) is 4.02. The van der Waals surface area contributed by atoms with Crippen LogP contribution in [0.4, 0.5) is 4.39 Å². The second kappa shape index (κ2) is 7.37. The monoisotopic (exact) mass is 275 g/mol. The van der Waals surface area contributed by atoms with E-state index in [0.29, 0.717) is 18.0 Å². The van der Waals surface area contributed by atoms with Crippen molar-refractivity contribution in [3.8, 4) is 6.07 Å². The number of nitriles is 1. The van der Waals surface area contributed by atoms with Gasteiger partial charge in [-0.05, 0) is 44.5 Å². The molecule has 1 aromatic carbocycles. The molecule has 0 saturated carbocycles. The van der Waals surface area contributed by atoms with Crippen LogP contribution in [0.25, 0.3) is 0 Å². The van der Waals surface area contributed by atoms with E-state index in [1.807, 2.05) is 6.07 Å². The summed E-state index contributed by atoms with van der Waals surface area (Å²) in [6.45, 7) is 6.77. The average Bonchev–Trinajstić information content (AvgIpc) is 2.49. The van der Waals surface area contributed by atoms with Gasteiger partial charge in [-0.3, -0.25) is 4.90 Å². The van der Waals surface area contributed by atoms with E-state index in [1.54, 1.807) is 12.1 Å². The van der Waals surface area contributed by atoms with Gasteiger partial charge in [-0.25, -0.2) is 4.39 Å². The number of hydrogen-bond acceptors (Lipinski definition) is 3. The van der Waals surface area contributed by atoms with Crippen LogP contribution in [-0.4, -0.2) is 31.1 Å². The van der Waals surface area contributed by atoms with E-state index < -0.39 is 0 Å². The lowest BCUT2D eigenvalue weighted by Crippen LogP contribution is -2.36. The van der Waals surface area contributed by atoms with Crippen LogP contribution in [0.15, 0.2) is 18.2 Å². The molecule has 0 spiro atoms. The van der Waals surface area contributed by atoms with Crippen molar-refractivity contribution in [3.05, 3.63) is 35.1 Å². The lowest BCUT2D eigenvalue weighted by molar-refractivity contribution is 0.205. The lowest BCUT2D eigenvalue weighted by Gasteiger charge is -2.29. The van der Waals surface area contributed by atoms with Crippen molar-refractivity contribution in [3.63, 3.8) is 0 Å². The summed E-state index contributed by atoms with van der Waals surface area (Å²) < 4.78 is 14.1. The molecule has 1 aliphatic heterocycles. The van der Waals surface area contributed by atoms with Crippen molar-refractivity contribution in [2.45, 2.75) is 26.3 Å². The summed E-state index contributed by atoms with van der Waals surface area (Å²) in [6, 6.07) is 6.97. The van der Waals surface area contributed by atoms with Crippen molar-refractivity contribution in [2.75, 3.05) is 26.2 Å². The van der Waals surface area contributed by atoms with Crippen molar-refractivity contribution in [1.82, 2.24) is 10.2 Å². The van der Waals surface area contributed by atoms with Crippen LogP contribution in [0.2, 0.25) is 0 Å². The zero-order valence-corrected chi connectivity index (χ0v) is 12.0. The van der Waals surface area contributed by atoms with E-state index in [2.05, 4.69) is 17.1 Å². The minimum atomic E-state index is -0.362. The minimum Gasteiger partial charge on any atom is -0.317 e. The number of halogens is 1. The van der Waals surface area contributed by atoms with Crippen LogP contribution < -0.4 is 5.32 Å². The van der Waals surface area contributed by atoms with Crippen molar-refractivity contribution >= 4 is 0 Å². The molecular formula is C16H22FN3. The Bertz CT molecular complexity index is 475. The maximum Gasteiger partial charge on any atom is 0.145 e. The van der Waals surface area contributed by atoms with Gasteiger partial charge in [0.05, 0.1) is 5.56 Å². The maximum atomic E-state index is 14.1. The molecule has 20 heavy (non-hydrogen) atoms. The Hall–Kier alpha value is -1.44. The molecule has 1 aromatic rings. The van der Waals surface area contributed by atoms with E-state index in [9.17, 15) is 4.39 Å². The minimum absolute atomic E-state index is 0.139. The third kappa shape index (κ3) is 3.78. The maximum absolute atomic E-state index is 14.1. The van der Waals surface area contributed by atoms with Crippen molar-refractivity contribution in [1.29, 1.82) is 5.26 Å². The highest BCUT2D eigenvalue weighted by atomic mass is 19.1. The van der Waals surface area contributed by atoms with Gasteiger partial charge < -0.3 is 5.32 Å². The summed E-state index contributed by atoms with van der Waals surface area (Å²) in [5, 5.41) is 12.2. The van der Waals surface area contributed by atoms with Crippen LogP contribution in [0, 0.1) is 23.1 Å². The van der Waals surface area contributed by atoms with Gasteiger partial charge >= 0.3 is 0 Å². The number of rotatable bonds is 5. The zero-order valence-electron chi connectivity index (χ0n) is 12.0. The topological polar surface area (TPSA) is 39.1 Å². The molecule has 0 radical (unpaired) electrons. The number of benzene rings is 1. The van der Waals surface area contributed by atoms with Gasteiger partial charge in [0.1, 0.15) is 11.9 Å². The summed E-state index contributed by atoms with van der Waals surface area (Å²) in [6.07, 6.45) is 2.38. The predicted molar refractivity (Wildman–Crippen MR) is 77.7 cm³/mol. The Labute approximate surface area is 120 Å². The first kappa shape index (κ1) is 15.0. The Kier molecular flexibility index (Phi) is 5.51. The van der Waals surface area contributed by atoms with E-state index in [0.717, 1.165) is 26.2 Å². The molecule has 3 nitrogen and oxygen atoms in total. The van der Waals surface area contributed by atoms with Crippen molar-refractivity contribution in [2.24, 2.45) is 5.92 Å². The van der Waals surface area contributed by atoms with Gasteiger partial charge in [-0.1, -0.05) is 19.1 Å². The summed E-state index contributed by atoms with van der Waals surface area (Å²) in [5.74, 6) is 0.331. The van der Waals surface area contributed by atoms with E-state index in [1.165, 1.54) is 18.9 Å². The molecule has 108 valence electrons.